The summed E-state index contributed by atoms with van der Waals surface area (Å²) in [5.74, 6) is 1.85. The Labute approximate surface area is 326 Å². The molecule has 7 aromatic carbocycles. The molecule has 0 unspecified atom stereocenters. The molecule has 4 heterocycles. The van der Waals surface area contributed by atoms with E-state index in [1.54, 1.807) is 11.3 Å². The predicted molar refractivity (Wildman–Crippen MR) is 230 cm³/mol. The van der Waals surface area contributed by atoms with Gasteiger partial charge in [-0.25, -0.2) is 19.9 Å². The number of benzene rings is 7. The molecule has 5 nitrogen and oxygen atoms in total. The fourth-order valence-corrected chi connectivity index (χ4v) is 9.11. The van der Waals surface area contributed by atoms with Crippen LogP contribution in [0.3, 0.4) is 0 Å². The zero-order chi connectivity index (χ0) is 37.0. The second-order valence-corrected chi connectivity index (χ2v) is 14.8. The molecule has 0 atom stereocenters. The maximum Gasteiger partial charge on any atom is 0.164 e. The van der Waals surface area contributed by atoms with Crippen molar-refractivity contribution >= 4 is 54.3 Å². The lowest BCUT2D eigenvalue weighted by atomic mass is 9.93. The van der Waals surface area contributed by atoms with Gasteiger partial charge in [-0.15, -0.1) is 11.3 Å². The lowest BCUT2D eigenvalue weighted by Crippen LogP contribution is -2.00. The maximum atomic E-state index is 6.69. The van der Waals surface area contributed by atoms with Crippen LogP contribution in [0.4, 0.5) is 0 Å². The summed E-state index contributed by atoms with van der Waals surface area (Å²) in [4.78, 5) is 21.6. The molecular formula is C50H30N4OS. The first-order valence-corrected chi connectivity index (χ1v) is 19.4. The number of fused-ring (bicyclic) bond motifs is 6. The van der Waals surface area contributed by atoms with Gasteiger partial charge in [0, 0.05) is 64.5 Å². The topological polar surface area (TPSA) is 64.7 Å². The highest BCUT2D eigenvalue weighted by atomic mass is 32.1. The molecular weight excluding hydrogens is 705 g/mol. The third-order valence-electron chi connectivity index (χ3n) is 10.3. The number of aromatic nitrogens is 4. The van der Waals surface area contributed by atoms with Crippen LogP contribution in [-0.2, 0) is 0 Å². The fraction of sp³-hybridized carbons (Fsp3) is 0. The van der Waals surface area contributed by atoms with Crippen LogP contribution >= 0.6 is 11.3 Å². The lowest BCUT2D eigenvalue weighted by Gasteiger charge is -2.12. The minimum atomic E-state index is 0.604. The van der Waals surface area contributed by atoms with Gasteiger partial charge in [0.05, 0.1) is 11.2 Å². The van der Waals surface area contributed by atoms with Crippen molar-refractivity contribution in [2.75, 3.05) is 0 Å². The highest BCUT2D eigenvalue weighted by Gasteiger charge is 2.25. The Bertz CT molecular complexity index is 3190. The molecule has 0 N–H and O–H groups in total. The van der Waals surface area contributed by atoms with Gasteiger partial charge in [-0.3, -0.25) is 0 Å². The van der Waals surface area contributed by atoms with Crippen molar-refractivity contribution in [3.05, 3.63) is 182 Å². The number of pyridine rings is 1. The maximum absolute atomic E-state index is 6.69. The van der Waals surface area contributed by atoms with Crippen molar-refractivity contribution in [3.63, 3.8) is 0 Å². The molecule has 4 aromatic heterocycles. The third kappa shape index (κ3) is 5.38. The van der Waals surface area contributed by atoms with E-state index in [-0.39, 0.29) is 0 Å². The summed E-state index contributed by atoms with van der Waals surface area (Å²) in [5, 5.41) is 4.41. The Balaban J connectivity index is 1.22. The highest BCUT2D eigenvalue weighted by molar-refractivity contribution is 7.24. The van der Waals surface area contributed by atoms with Gasteiger partial charge in [0.25, 0.3) is 0 Å². The van der Waals surface area contributed by atoms with Gasteiger partial charge < -0.3 is 4.42 Å². The highest BCUT2D eigenvalue weighted by Crippen LogP contribution is 2.52. The van der Waals surface area contributed by atoms with Crippen LogP contribution < -0.4 is 0 Å². The van der Waals surface area contributed by atoms with Crippen molar-refractivity contribution in [2.45, 2.75) is 0 Å². The Kier molecular flexibility index (Phi) is 7.60. The van der Waals surface area contributed by atoms with Gasteiger partial charge in [0.1, 0.15) is 11.2 Å². The number of para-hydroxylation sites is 3. The van der Waals surface area contributed by atoms with Gasteiger partial charge in [-0.05, 0) is 29.8 Å². The molecule has 0 fully saturated rings. The second kappa shape index (κ2) is 13.2. The Morgan fingerprint density at radius 2 is 0.946 bits per heavy atom. The molecule has 0 aliphatic heterocycles. The molecule has 0 bridgehead atoms. The molecule has 56 heavy (non-hydrogen) atoms. The lowest BCUT2D eigenvalue weighted by molar-refractivity contribution is 0.670. The SMILES string of the molecule is c1ccc(-c2nc(-c3ccccc3)nc(-c3cccc(-c4c(-c5cccc6c5oc5ccccc56)sc5c4c(-c4ccccc4)nc4ccccc45)c3)n2)cc1. The molecule has 11 rings (SSSR count). The van der Waals surface area contributed by atoms with E-state index in [9.17, 15) is 0 Å². The number of hydrogen-bond donors (Lipinski definition) is 0. The molecule has 0 amide bonds. The van der Waals surface area contributed by atoms with Crippen molar-refractivity contribution in [1.29, 1.82) is 0 Å². The average Bonchev–Trinajstić information content (AvgIpc) is 3.87. The average molecular weight is 735 g/mol. The molecule has 0 saturated carbocycles. The Morgan fingerprint density at radius 3 is 1.66 bits per heavy atom. The summed E-state index contributed by atoms with van der Waals surface area (Å²) in [7, 11) is 0. The first-order valence-electron chi connectivity index (χ1n) is 18.6. The first kappa shape index (κ1) is 32.2. The van der Waals surface area contributed by atoms with E-state index in [1.165, 1.54) is 4.70 Å². The minimum absolute atomic E-state index is 0.604. The molecule has 6 heteroatoms. The number of thiophene rings is 1. The number of furan rings is 1. The summed E-state index contributed by atoms with van der Waals surface area (Å²) >= 11 is 1.79. The molecule has 0 radical (unpaired) electrons. The van der Waals surface area contributed by atoms with E-state index < -0.39 is 0 Å². The monoisotopic (exact) mass is 734 g/mol. The van der Waals surface area contributed by atoms with Crippen LogP contribution in [0.1, 0.15) is 0 Å². The van der Waals surface area contributed by atoms with Gasteiger partial charge in [-0.2, -0.15) is 0 Å². The van der Waals surface area contributed by atoms with Crippen LogP contribution in [-0.4, -0.2) is 19.9 Å². The van der Waals surface area contributed by atoms with Crippen molar-refractivity contribution in [2.24, 2.45) is 0 Å². The molecule has 0 saturated heterocycles. The predicted octanol–water partition coefficient (Wildman–Crippen LogP) is 13.5. The third-order valence-corrected chi connectivity index (χ3v) is 11.6. The van der Waals surface area contributed by atoms with E-state index in [1.807, 2.05) is 72.8 Å². The fourth-order valence-electron chi connectivity index (χ4n) is 7.73. The summed E-state index contributed by atoms with van der Waals surface area (Å²) in [6.07, 6.45) is 0. The smallest absolute Gasteiger partial charge is 0.164 e. The number of rotatable bonds is 6. The minimum Gasteiger partial charge on any atom is -0.455 e. The number of nitrogens with zero attached hydrogens (tertiary/aromatic N) is 4. The van der Waals surface area contributed by atoms with Gasteiger partial charge in [0.15, 0.2) is 17.5 Å². The van der Waals surface area contributed by atoms with E-state index in [2.05, 4.69) is 109 Å². The molecule has 0 aliphatic carbocycles. The summed E-state index contributed by atoms with van der Waals surface area (Å²) in [6, 6.07) is 62.5. The molecule has 0 aliphatic rings. The molecule has 11 aromatic rings. The van der Waals surface area contributed by atoms with E-state index in [4.69, 9.17) is 24.4 Å². The largest absolute Gasteiger partial charge is 0.455 e. The van der Waals surface area contributed by atoms with Crippen molar-refractivity contribution in [1.82, 2.24) is 19.9 Å². The summed E-state index contributed by atoms with van der Waals surface area (Å²) in [6.45, 7) is 0. The normalized spacial score (nSPS) is 11.6. The van der Waals surface area contributed by atoms with Crippen LogP contribution in [0.15, 0.2) is 186 Å². The first-order chi connectivity index (χ1) is 27.8. The van der Waals surface area contributed by atoms with Crippen molar-refractivity contribution < 1.29 is 4.42 Å². The van der Waals surface area contributed by atoms with Crippen LogP contribution in [0.2, 0.25) is 0 Å². The molecule has 262 valence electrons. The standard InChI is InChI=1S/C50H30N4OS/c1-4-16-31(17-5-1)44-43-42(34-22-14-23-35(30-34)50-53-48(32-18-6-2-7-19-32)52-49(54-50)33-20-8-3-9-21-33)47(56-46(43)38-25-10-12-28-40(38)51-44)39-27-15-26-37-36-24-11-13-29-41(36)55-45(37)39/h1-30H. The van der Waals surface area contributed by atoms with E-state index in [0.29, 0.717) is 17.5 Å². The Morgan fingerprint density at radius 1 is 0.411 bits per heavy atom. The zero-order valence-corrected chi connectivity index (χ0v) is 30.7. The quantitative estimate of drug-likeness (QED) is 0.170. The van der Waals surface area contributed by atoms with Gasteiger partial charge in [0.2, 0.25) is 0 Å². The molecule has 0 spiro atoms. The van der Waals surface area contributed by atoms with Crippen molar-refractivity contribution in [3.8, 4) is 67.0 Å². The summed E-state index contributed by atoms with van der Waals surface area (Å²) < 4.78 is 7.87. The van der Waals surface area contributed by atoms with Crippen LogP contribution in [0, 0.1) is 0 Å². The number of hydrogen-bond acceptors (Lipinski definition) is 6. The van der Waals surface area contributed by atoms with E-state index >= 15 is 0 Å². The van der Waals surface area contributed by atoms with Crippen LogP contribution in [0.25, 0.3) is 110 Å². The second-order valence-electron chi connectivity index (χ2n) is 13.8. The van der Waals surface area contributed by atoms with E-state index in [0.717, 1.165) is 87.7 Å². The Hall–Kier alpha value is -7.28. The van der Waals surface area contributed by atoms with Crippen LogP contribution in [0.5, 0.6) is 0 Å². The van der Waals surface area contributed by atoms with Gasteiger partial charge >= 0.3 is 0 Å². The van der Waals surface area contributed by atoms with Gasteiger partial charge in [-0.1, -0.05) is 158 Å². The summed E-state index contributed by atoms with van der Waals surface area (Å²) in [5.41, 5.74) is 10.6. The zero-order valence-electron chi connectivity index (χ0n) is 29.9.